The third-order valence-electron chi connectivity index (χ3n) is 5.48. The zero-order valence-corrected chi connectivity index (χ0v) is 19.8. The van der Waals surface area contributed by atoms with Crippen LogP contribution in [0.25, 0.3) is 0 Å². The summed E-state index contributed by atoms with van der Waals surface area (Å²) in [5, 5.41) is 4.38. The number of nitrogens with one attached hydrogen (secondary N) is 1. The Bertz CT molecular complexity index is 836. The Hall–Kier alpha value is -1.06. The fourth-order valence-corrected chi connectivity index (χ4v) is 6.87. The van der Waals surface area contributed by atoms with E-state index in [0.717, 1.165) is 23.8 Å². The lowest BCUT2D eigenvalue weighted by Gasteiger charge is -2.44. The Kier molecular flexibility index (Phi) is 6.70. The van der Waals surface area contributed by atoms with Crippen molar-refractivity contribution in [2.75, 3.05) is 23.4 Å². The largest absolute Gasteiger partial charge is 0.375 e. The number of hydrogen-bond donors (Lipinski definition) is 1. The highest BCUT2D eigenvalue weighted by atomic mass is 32.2. The molecule has 29 heavy (non-hydrogen) atoms. The lowest BCUT2D eigenvalue weighted by Crippen LogP contribution is -2.49. The maximum absolute atomic E-state index is 13.1. The second-order valence-electron chi connectivity index (χ2n) is 9.88. The second kappa shape index (κ2) is 8.59. The minimum absolute atomic E-state index is 0.141. The summed E-state index contributed by atoms with van der Waals surface area (Å²) >= 11 is 1.41. The molecule has 164 valence electrons. The second-order valence-corrected chi connectivity index (χ2v) is 13.2. The highest BCUT2D eigenvalue weighted by Crippen LogP contribution is 2.37. The molecule has 2 saturated heterocycles. The number of rotatable bonds is 4. The molecule has 1 amide bonds. The molecule has 3 rings (SSSR count). The third-order valence-corrected chi connectivity index (χ3v) is 8.36. The van der Waals surface area contributed by atoms with Gasteiger partial charge in [-0.3, -0.25) is 4.79 Å². The van der Waals surface area contributed by atoms with Gasteiger partial charge in [-0.05, 0) is 31.1 Å². The standard InChI is InChI=1S/C20H34N4O3S2/c1-14(2)17-22-18(28-23-17)21-15-6-9-27-20(12-15)7-10-29(26,11-8-20)24-16(25)13-19(3,4)5/h14-15H,6-13H2,1-5H3,(H,21,22,23). The number of hydrogen-bond acceptors (Lipinski definition) is 7. The van der Waals surface area contributed by atoms with Crippen molar-refractivity contribution in [1.29, 1.82) is 0 Å². The summed E-state index contributed by atoms with van der Waals surface area (Å²) in [7, 11) is -2.46. The van der Waals surface area contributed by atoms with E-state index in [9.17, 15) is 9.00 Å². The molecule has 0 saturated carbocycles. The van der Waals surface area contributed by atoms with Gasteiger partial charge in [-0.25, -0.2) is 9.19 Å². The molecule has 1 atom stereocenters. The van der Waals surface area contributed by atoms with Crippen molar-refractivity contribution in [3.05, 3.63) is 5.82 Å². The molecule has 1 unspecified atom stereocenters. The molecule has 2 fully saturated rings. The maximum Gasteiger partial charge on any atom is 0.254 e. The van der Waals surface area contributed by atoms with Gasteiger partial charge in [0.15, 0.2) is 0 Å². The van der Waals surface area contributed by atoms with Crippen LogP contribution in [0.1, 0.15) is 78.5 Å². The smallest absolute Gasteiger partial charge is 0.254 e. The zero-order chi connectivity index (χ0) is 21.3. The summed E-state index contributed by atoms with van der Waals surface area (Å²) in [6.07, 6.45) is 3.47. The van der Waals surface area contributed by atoms with Crippen LogP contribution >= 0.6 is 11.5 Å². The Morgan fingerprint density at radius 3 is 2.66 bits per heavy atom. The van der Waals surface area contributed by atoms with Crippen molar-refractivity contribution in [1.82, 2.24) is 9.36 Å². The van der Waals surface area contributed by atoms with Gasteiger partial charge in [0.05, 0.1) is 15.3 Å². The van der Waals surface area contributed by atoms with Crippen LogP contribution in [0.4, 0.5) is 5.13 Å². The van der Waals surface area contributed by atoms with Crippen LogP contribution in [0.2, 0.25) is 0 Å². The summed E-state index contributed by atoms with van der Waals surface area (Å²) in [4.78, 5) is 16.8. The van der Waals surface area contributed by atoms with Crippen LogP contribution in [0.3, 0.4) is 0 Å². The predicted molar refractivity (Wildman–Crippen MR) is 118 cm³/mol. The topological polar surface area (TPSA) is 93.5 Å². The summed E-state index contributed by atoms with van der Waals surface area (Å²) < 4.78 is 27.8. The van der Waals surface area contributed by atoms with Gasteiger partial charge in [-0.15, -0.1) is 0 Å². The van der Waals surface area contributed by atoms with Crippen LogP contribution in [0.5, 0.6) is 0 Å². The van der Waals surface area contributed by atoms with Crippen molar-refractivity contribution in [3.63, 3.8) is 0 Å². The van der Waals surface area contributed by atoms with E-state index in [1.165, 1.54) is 11.5 Å². The predicted octanol–water partition coefficient (Wildman–Crippen LogP) is 4.22. The summed E-state index contributed by atoms with van der Waals surface area (Å²) in [6.45, 7) is 10.8. The van der Waals surface area contributed by atoms with Gasteiger partial charge in [0.1, 0.15) is 5.82 Å². The van der Waals surface area contributed by atoms with E-state index in [-0.39, 0.29) is 23.0 Å². The van der Waals surface area contributed by atoms with Crippen LogP contribution in [-0.4, -0.2) is 49.2 Å². The van der Waals surface area contributed by atoms with Crippen molar-refractivity contribution in [2.24, 2.45) is 9.78 Å². The monoisotopic (exact) mass is 442 g/mol. The number of amides is 1. The normalized spacial score (nSPS) is 30.5. The van der Waals surface area contributed by atoms with Crippen molar-refractivity contribution in [3.8, 4) is 0 Å². The Morgan fingerprint density at radius 2 is 2.07 bits per heavy atom. The first-order valence-corrected chi connectivity index (χ1v) is 13.1. The van der Waals surface area contributed by atoms with Gasteiger partial charge in [-0.2, -0.15) is 8.74 Å². The maximum atomic E-state index is 13.1. The van der Waals surface area contributed by atoms with Gasteiger partial charge in [-0.1, -0.05) is 34.6 Å². The van der Waals surface area contributed by atoms with E-state index in [0.29, 0.717) is 43.3 Å². The minimum atomic E-state index is -2.46. The number of anilines is 1. The van der Waals surface area contributed by atoms with E-state index in [2.05, 4.69) is 32.9 Å². The van der Waals surface area contributed by atoms with Gasteiger partial charge >= 0.3 is 0 Å². The van der Waals surface area contributed by atoms with Crippen LogP contribution < -0.4 is 5.32 Å². The molecule has 0 aliphatic carbocycles. The van der Waals surface area contributed by atoms with E-state index in [1.54, 1.807) is 0 Å². The summed E-state index contributed by atoms with van der Waals surface area (Å²) in [5.74, 6) is 1.83. The molecule has 0 aromatic carbocycles. The quantitative estimate of drug-likeness (QED) is 0.750. The molecular weight excluding hydrogens is 408 g/mol. The molecule has 9 heteroatoms. The van der Waals surface area contributed by atoms with Crippen molar-refractivity contribution < 1.29 is 13.7 Å². The highest BCUT2D eigenvalue weighted by molar-refractivity contribution is 7.93. The van der Waals surface area contributed by atoms with Gasteiger partial charge in [0.2, 0.25) is 5.13 Å². The average molecular weight is 443 g/mol. The number of carbonyl (C=O) groups is 1. The zero-order valence-electron chi connectivity index (χ0n) is 18.2. The average Bonchev–Trinajstić information content (AvgIpc) is 3.05. The van der Waals surface area contributed by atoms with Crippen LogP contribution in [-0.2, 0) is 19.3 Å². The number of ether oxygens (including phenoxy) is 1. The summed E-state index contributed by atoms with van der Waals surface area (Å²) in [5.41, 5.74) is -0.414. The Balaban J connectivity index is 1.60. The molecule has 3 heterocycles. The van der Waals surface area contributed by atoms with E-state index >= 15 is 0 Å². The first-order valence-electron chi connectivity index (χ1n) is 10.5. The van der Waals surface area contributed by atoms with Crippen LogP contribution in [0.15, 0.2) is 4.36 Å². The van der Waals surface area contributed by atoms with Crippen molar-refractivity contribution >= 4 is 32.3 Å². The summed E-state index contributed by atoms with van der Waals surface area (Å²) in [6, 6.07) is 0.269. The fourth-order valence-electron chi connectivity index (χ4n) is 3.88. The third kappa shape index (κ3) is 6.21. The van der Waals surface area contributed by atoms with Gasteiger partial charge in [0.25, 0.3) is 5.91 Å². The molecule has 0 radical (unpaired) electrons. The fraction of sp³-hybridized carbons (Fsp3) is 0.850. The number of nitrogens with zero attached hydrogens (tertiary/aromatic N) is 3. The SMILES string of the molecule is CC(C)c1nsc(NC2CCOC3(CCS(=O)(=NC(=O)CC(C)(C)C)CC3)C2)n1. The highest BCUT2D eigenvalue weighted by Gasteiger charge is 2.42. The Labute approximate surface area is 178 Å². The number of aromatic nitrogens is 2. The Morgan fingerprint density at radius 1 is 1.38 bits per heavy atom. The van der Waals surface area contributed by atoms with E-state index in [1.807, 2.05) is 20.8 Å². The molecule has 1 spiro atoms. The molecular formula is C20H34N4O3S2. The van der Waals surface area contributed by atoms with Crippen molar-refractivity contribution in [2.45, 2.75) is 84.3 Å². The number of carbonyl (C=O) groups excluding carboxylic acids is 1. The first kappa shape index (κ1) is 22.6. The lowest BCUT2D eigenvalue weighted by molar-refractivity contribution is -0.119. The molecule has 2 aliphatic heterocycles. The molecule has 1 aromatic rings. The van der Waals surface area contributed by atoms with E-state index < -0.39 is 9.73 Å². The minimum Gasteiger partial charge on any atom is -0.375 e. The van der Waals surface area contributed by atoms with Crippen LogP contribution in [0, 0.1) is 5.41 Å². The van der Waals surface area contributed by atoms with E-state index in [4.69, 9.17) is 4.74 Å². The lowest BCUT2D eigenvalue weighted by atomic mass is 9.85. The molecule has 0 bridgehead atoms. The molecule has 7 nitrogen and oxygen atoms in total. The first-order chi connectivity index (χ1) is 13.5. The molecule has 1 N–H and O–H groups in total. The van der Waals surface area contributed by atoms with Gasteiger partial charge < -0.3 is 10.1 Å². The molecule has 1 aromatic heterocycles. The van der Waals surface area contributed by atoms with Gasteiger partial charge in [0, 0.05) is 48.0 Å². The molecule has 2 aliphatic rings.